The number of aliphatic hydroxyl groups is 1. The van der Waals surface area contributed by atoms with Crippen molar-refractivity contribution in [1.82, 2.24) is 4.90 Å². The minimum atomic E-state index is -1.04. The zero-order chi connectivity index (χ0) is 15.1. The van der Waals surface area contributed by atoms with E-state index >= 15 is 0 Å². The van der Waals surface area contributed by atoms with Gasteiger partial charge < -0.3 is 15.3 Å². The van der Waals surface area contributed by atoms with Crippen LogP contribution in [0.3, 0.4) is 0 Å². The van der Waals surface area contributed by atoms with E-state index in [2.05, 4.69) is 0 Å². The number of aliphatic carboxylic acids is 2. The van der Waals surface area contributed by atoms with Gasteiger partial charge in [0.05, 0.1) is 18.9 Å². The minimum Gasteiger partial charge on any atom is -0.481 e. The van der Waals surface area contributed by atoms with Crippen LogP contribution in [0.2, 0.25) is 0 Å². The van der Waals surface area contributed by atoms with Gasteiger partial charge in [0.25, 0.3) is 0 Å². The molecule has 0 aromatic heterocycles. The number of likely N-dealkylation sites (N-methyl/N-ethyl adjacent to an activating group) is 1. The fourth-order valence-electron chi connectivity index (χ4n) is 2.00. The molecule has 6 nitrogen and oxygen atoms in total. The van der Waals surface area contributed by atoms with E-state index < -0.39 is 24.1 Å². The van der Waals surface area contributed by atoms with Gasteiger partial charge in [-0.1, -0.05) is 30.3 Å². The Balaban J connectivity index is 2.82. The maximum absolute atomic E-state index is 10.9. The van der Waals surface area contributed by atoms with Crippen LogP contribution in [0.5, 0.6) is 0 Å². The summed E-state index contributed by atoms with van der Waals surface area (Å²) in [6.45, 7) is 0.178. The molecule has 0 saturated heterocycles. The quantitative estimate of drug-likeness (QED) is 0.657. The monoisotopic (exact) mass is 281 g/mol. The molecule has 3 N–H and O–H groups in total. The highest BCUT2D eigenvalue weighted by Crippen LogP contribution is 2.22. The smallest absolute Gasteiger partial charge is 0.305 e. The summed E-state index contributed by atoms with van der Waals surface area (Å²) in [5.41, 5.74) is 0.612. The van der Waals surface area contributed by atoms with Crippen molar-refractivity contribution < 1.29 is 24.9 Å². The third-order valence-corrected chi connectivity index (χ3v) is 3.13. The van der Waals surface area contributed by atoms with Crippen molar-refractivity contribution in [2.45, 2.75) is 25.0 Å². The largest absolute Gasteiger partial charge is 0.481 e. The van der Waals surface area contributed by atoms with Crippen LogP contribution in [0.4, 0.5) is 0 Å². The maximum Gasteiger partial charge on any atom is 0.305 e. The molecule has 2 atom stereocenters. The molecule has 20 heavy (non-hydrogen) atoms. The molecule has 6 heteroatoms. The molecule has 110 valence electrons. The number of aliphatic hydroxyl groups excluding tert-OH is 1. The topological polar surface area (TPSA) is 98.1 Å². The Morgan fingerprint density at radius 3 is 2.25 bits per heavy atom. The molecular weight excluding hydrogens is 262 g/mol. The van der Waals surface area contributed by atoms with Gasteiger partial charge in [0.2, 0.25) is 0 Å². The highest BCUT2D eigenvalue weighted by Gasteiger charge is 2.27. The van der Waals surface area contributed by atoms with Gasteiger partial charge in [0.15, 0.2) is 0 Å². The third-order valence-electron chi connectivity index (χ3n) is 3.13. The van der Waals surface area contributed by atoms with Crippen LogP contribution >= 0.6 is 0 Å². The Hall–Kier alpha value is -1.92. The molecule has 0 heterocycles. The first-order valence-electron chi connectivity index (χ1n) is 6.28. The molecule has 0 saturated carbocycles. The van der Waals surface area contributed by atoms with Crippen LogP contribution in [0.15, 0.2) is 30.3 Å². The van der Waals surface area contributed by atoms with E-state index in [4.69, 9.17) is 10.2 Å². The Bertz CT molecular complexity index is 448. The van der Waals surface area contributed by atoms with E-state index in [0.29, 0.717) is 5.56 Å². The van der Waals surface area contributed by atoms with Crippen molar-refractivity contribution in [3.05, 3.63) is 35.9 Å². The van der Waals surface area contributed by atoms with Gasteiger partial charge in [0.1, 0.15) is 0 Å². The average Bonchev–Trinajstić information content (AvgIpc) is 2.42. The number of rotatable bonds is 8. The number of nitrogens with zero attached hydrogens (tertiary/aromatic N) is 1. The molecule has 0 radical (unpaired) electrons. The van der Waals surface area contributed by atoms with Gasteiger partial charge in [-0.25, -0.2) is 0 Å². The first-order chi connectivity index (χ1) is 9.41. The second-order valence-corrected chi connectivity index (χ2v) is 4.65. The normalized spacial score (nSPS) is 13.9. The van der Waals surface area contributed by atoms with Crippen LogP contribution < -0.4 is 0 Å². The summed E-state index contributed by atoms with van der Waals surface area (Å²) in [5, 5.41) is 27.9. The predicted octanol–water partition coefficient (Wildman–Crippen LogP) is 0.970. The predicted molar refractivity (Wildman–Crippen MR) is 72.3 cm³/mol. The Labute approximate surface area is 117 Å². The lowest BCUT2D eigenvalue weighted by Gasteiger charge is -2.30. The Morgan fingerprint density at radius 2 is 1.75 bits per heavy atom. The molecular formula is C14H19NO5. The summed E-state index contributed by atoms with van der Waals surface area (Å²) in [4.78, 5) is 23.1. The number of carboxylic acid groups (broad SMARTS) is 2. The summed E-state index contributed by atoms with van der Waals surface area (Å²) in [6, 6.07) is 8.07. The fourth-order valence-corrected chi connectivity index (χ4v) is 2.00. The van der Waals surface area contributed by atoms with Crippen molar-refractivity contribution in [3.8, 4) is 0 Å². The molecule has 0 fully saturated rings. The second-order valence-electron chi connectivity index (χ2n) is 4.65. The zero-order valence-corrected chi connectivity index (χ0v) is 11.3. The highest BCUT2D eigenvalue weighted by atomic mass is 16.4. The van der Waals surface area contributed by atoms with Gasteiger partial charge in [-0.05, 0) is 12.6 Å². The van der Waals surface area contributed by atoms with E-state index in [1.165, 1.54) is 0 Å². The molecule has 0 amide bonds. The van der Waals surface area contributed by atoms with Crippen molar-refractivity contribution >= 4 is 11.9 Å². The van der Waals surface area contributed by atoms with Gasteiger partial charge >= 0.3 is 11.9 Å². The molecule has 1 rings (SSSR count). The SMILES string of the molecule is CN(CCC(=O)O)C(CC(=O)O)C(O)c1ccccc1. The van der Waals surface area contributed by atoms with Crippen molar-refractivity contribution in [1.29, 1.82) is 0 Å². The van der Waals surface area contributed by atoms with E-state index in [1.54, 1.807) is 42.3 Å². The minimum absolute atomic E-state index is 0.103. The van der Waals surface area contributed by atoms with E-state index in [-0.39, 0.29) is 19.4 Å². The summed E-state index contributed by atoms with van der Waals surface area (Å²) in [5.74, 6) is -1.99. The van der Waals surface area contributed by atoms with Gasteiger partial charge in [0, 0.05) is 12.6 Å². The summed E-state index contributed by atoms with van der Waals surface area (Å²) in [7, 11) is 1.61. The van der Waals surface area contributed by atoms with Crippen molar-refractivity contribution in [2.75, 3.05) is 13.6 Å². The van der Waals surface area contributed by atoms with E-state index in [9.17, 15) is 14.7 Å². The number of benzene rings is 1. The molecule has 0 spiro atoms. The Kier molecular flexibility index (Phi) is 6.14. The van der Waals surface area contributed by atoms with Crippen molar-refractivity contribution in [2.24, 2.45) is 0 Å². The van der Waals surface area contributed by atoms with Gasteiger partial charge in [-0.3, -0.25) is 14.5 Å². The van der Waals surface area contributed by atoms with Crippen LogP contribution in [-0.4, -0.2) is 51.8 Å². The van der Waals surface area contributed by atoms with Crippen LogP contribution in [0.1, 0.15) is 24.5 Å². The van der Waals surface area contributed by atoms with Gasteiger partial charge in [-0.15, -0.1) is 0 Å². The molecule has 0 bridgehead atoms. The molecule has 2 unspecified atom stereocenters. The zero-order valence-electron chi connectivity index (χ0n) is 11.3. The first kappa shape index (κ1) is 16.1. The number of carboxylic acids is 2. The molecule has 1 aromatic rings. The molecule has 0 aliphatic carbocycles. The molecule has 0 aliphatic heterocycles. The second kappa shape index (κ2) is 7.62. The lowest BCUT2D eigenvalue weighted by atomic mass is 9.98. The van der Waals surface area contributed by atoms with E-state index in [0.717, 1.165) is 0 Å². The standard InChI is InChI=1S/C14H19NO5/c1-15(8-7-12(16)17)11(9-13(18)19)14(20)10-5-3-2-4-6-10/h2-6,11,14,20H,7-9H2,1H3,(H,16,17)(H,18,19). The molecule has 1 aromatic carbocycles. The third kappa shape index (κ3) is 4.99. The lowest BCUT2D eigenvalue weighted by molar-refractivity contribution is -0.139. The van der Waals surface area contributed by atoms with Crippen LogP contribution in [0, 0.1) is 0 Å². The lowest BCUT2D eigenvalue weighted by Crippen LogP contribution is -2.39. The van der Waals surface area contributed by atoms with Crippen molar-refractivity contribution in [3.63, 3.8) is 0 Å². The van der Waals surface area contributed by atoms with Crippen LogP contribution in [0.25, 0.3) is 0 Å². The molecule has 0 aliphatic rings. The Morgan fingerprint density at radius 1 is 1.15 bits per heavy atom. The number of carbonyl (C=O) groups is 2. The van der Waals surface area contributed by atoms with Crippen LogP contribution in [-0.2, 0) is 9.59 Å². The summed E-state index contributed by atoms with van der Waals surface area (Å²) >= 11 is 0. The fraction of sp³-hybridized carbons (Fsp3) is 0.429. The average molecular weight is 281 g/mol. The maximum atomic E-state index is 10.9. The number of hydrogen-bond donors (Lipinski definition) is 3. The van der Waals surface area contributed by atoms with E-state index in [1.807, 2.05) is 0 Å². The highest BCUT2D eigenvalue weighted by molar-refractivity contribution is 5.68. The first-order valence-corrected chi connectivity index (χ1v) is 6.28. The van der Waals surface area contributed by atoms with Gasteiger partial charge in [-0.2, -0.15) is 0 Å². The number of hydrogen-bond acceptors (Lipinski definition) is 4. The summed E-state index contributed by atoms with van der Waals surface area (Å²) < 4.78 is 0. The summed E-state index contributed by atoms with van der Waals surface area (Å²) in [6.07, 6.45) is -1.34.